The van der Waals surface area contributed by atoms with Crippen LogP contribution in [0.15, 0.2) is 41.7 Å². The summed E-state index contributed by atoms with van der Waals surface area (Å²) in [5, 5.41) is 10.5. The van der Waals surface area contributed by atoms with Gasteiger partial charge in [-0.25, -0.2) is 9.97 Å². The lowest BCUT2D eigenvalue weighted by atomic mass is 9.95. The Labute approximate surface area is 225 Å². The Morgan fingerprint density at radius 3 is 2.73 bits per heavy atom. The standard InChI is InChI=1S/C28H39ClN6O2/c1-5-19(29)8-7-17(3)23(15-30-20-9-10-20)28(37)35-21(6-2)11-12-22(35)14-31-26-25-18(4)13-24(36)34-27(25)33-16-32-26/h5,7-8,16,18,20-23,30H,1,6,9-15H2,2-4H3,(H2,31,32,33,34,36)/b17-7+,19-8+/t18-,21?,22?,23-/m1/s1. The molecular weight excluding hydrogens is 488 g/mol. The Hall–Kier alpha value is -2.71. The van der Waals surface area contributed by atoms with Gasteiger partial charge in [-0.15, -0.1) is 0 Å². The van der Waals surface area contributed by atoms with Crippen LogP contribution in [0, 0.1) is 5.92 Å². The van der Waals surface area contributed by atoms with E-state index in [4.69, 9.17) is 11.6 Å². The van der Waals surface area contributed by atoms with Crippen molar-refractivity contribution in [2.75, 3.05) is 23.7 Å². The number of anilines is 2. The number of nitrogens with zero attached hydrogens (tertiary/aromatic N) is 3. The van der Waals surface area contributed by atoms with Crippen LogP contribution in [0.3, 0.4) is 0 Å². The summed E-state index contributed by atoms with van der Waals surface area (Å²) in [6.07, 6.45) is 12.4. The first-order valence-corrected chi connectivity index (χ1v) is 13.8. The van der Waals surface area contributed by atoms with Gasteiger partial charge in [0.2, 0.25) is 11.8 Å². The van der Waals surface area contributed by atoms with Gasteiger partial charge in [-0.3, -0.25) is 9.59 Å². The lowest BCUT2D eigenvalue weighted by Crippen LogP contribution is -2.49. The molecule has 8 nitrogen and oxygen atoms in total. The van der Waals surface area contributed by atoms with E-state index in [1.807, 2.05) is 19.9 Å². The molecule has 0 spiro atoms. The SMILES string of the molecule is C=C/C(Cl)=C\C=C(/C)[C@@H](CNC1CC1)C(=O)N1C(CC)CCC1CNc1ncnc2c1[C@H](C)CC(=O)N2. The molecule has 2 aliphatic heterocycles. The highest BCUT2D eigenvalue weighted by atomic mass is 35.5. The topological polar surface area (TPSA) is 99.2 Å². The molecule has 2 unspecified atom stereocenters. The van der Waals surface area contributed by atoms with Crippen molar-refractivity contribution in [1.29, 1.82) is 0 Å². The molecule has 4 rings (SSSR count). The predicted octanol–water partition coefficient (Wildman–Crippen LogP) is 4.73. The summed E-state index contributed by atoms with van der Waals surface area (Å²) >= 11 is 6.14. The highest BCUT2D eigenvalue weighted by molar-refractivity contribution is 6.31. The maximum Gasteiger partial charge on any atom is 0.231 e. The van der Waals surface area contributed by atoms with Crippen LogP contribution in [0.5, 0.6) is 0 Å². The minimum atomic E-state index is -0.261. The molecule has 2 fully saturated rings. The van der Waals surface area contributed by atoms with Crippen LogP contribution < -0.4 is 16.0 Å². The maximum atomic E-state index is 14.1. The number of hydrogen-bond acceptors (Lipinski definition) is 6. The molecule has 200 valence electrons. The number of likely N-dealkylation sites (tertiary alicyclic amines) is 1. The monoisotopic (exact) mass is 526 g/mol. The van der Waals surface area contributed by atoms with Crippen molar-refractivity contribution in [1.82, 2.24) is 20.2 Å². The fraction of sp³-hybridized carbons (Fsp3) is 0.571. The first kappa shape index (κ1) is 27.3. The largest absolute Gasteiger partial charge is 0.368 e. The summed E-state index contributed by atoms with van der Waals surface area (Å²) in [6, 6.07) is 0.778. The molecule has 4 atom stereocenters. The van der Waals surface area contributed by atoms with E-state index in [0.29, 0.717) is 36.4 Å². The summed E-state index contributed by atoms with van der Waals surface area (Å²) in [4.78, 5) is 36.9. The van der Waals surface area contributed by atoms with E-state index < -0.39 is 0 Å². The van der Waals surface area contributed by atoms with E-state index in [1.165, 1.54) is 19.2 Å². The summed E-state index contributed by atoms with van der Waals surface area (Å²) in [5.41, 5.74) is 1.92. The van der Waals surface area contributed by atoms with E-state index in [0.717, 1.165) is 36.2 Å². The molecule has 0 aromatic carbocycles. The van der Waals surface area contributed by atoms with Gasteiger partial charge in [0, 0.05) is 48.2 Å². The van der Waals surface area contributed by atoms with Gasteiger partial charge in [0.05, 0.1) is 5.92 Å². The Bertz CT molecular complexity index is 1080. The van der Waals surface area contributed by atoms with Gasteiger partial charge >= 0.3 is 0 Å². The van der Waals surface area contributed by atoms with Crippen LogP contribution in [0.1, 0.15) is 70.8 Å². The molecule has 1 aliphatic carbocycles. The highest BCUT2D eigenvalue weighted by Crippen LogP contribution is 2.35. The Morgan fingerprint density at radius 1 is 1.27 bits per heavy atom. The second-order valence-corrected chi connectivity index (χ2v) is 10.9. The summed E-state index contributed by atoms with van der Waals surface area (Å²) in [7, 11) is 0. The molecule has 2 amide bonds. The number of aromatic nitrogens is 2. The summed E-state index contributed by atoms with van der Waals surface area (Å²) in [6.45, 7) is 11.1. The average Bonchev–Trinajstić information content (AvgIpc) is 3.62. The van der Waals surface area contributed by atoms with Crippen LogP contribution >= 0.6 is 11.6 Å². The fourth-order valence-electron chi connectivity index (χ4n) is 5.39. The van der Waals surface area contributed by atoms with Gasteiger partial charge in [0.15, 0.2) is 0 Å². The number of carbonyl (C=O) groups excluding carboxylic acids is 2. The Balaban J connectivity index is 1.53. The third-order valence-electron chi connectivity index (χ3n) is 7.71. The average molecular weight is 527 g/mol. The van der Waals surface area contributed by atoms with E-state index in [9.17, 15) is 9.59 Å². The molecule has 1 saturated heterocycles. The Kier molecular flexibility index (Phi) is 9.03. The molecule has 3 aliphatic rings. The van der Waals surface area contributed by atoms with Crippen molar-refractivity contribution in [3.8, 4) is 0 Å². The molecule has 37 heavy (non-hydrogen) atoms. The van der Waals surface area contributed by atoms with E-state index in [2.05, 4.69) is 44.3 Å². The minimum absolute atomic E-state index is 0.0262. The zero-order valence-corrected chi connectivity index (χ0v) is 22.9. The fourth-order valence-corrected chi connectivity index (χ4v) is 5.46. The smallest absolute Gasteiger partial charge is 0.231 e. The molecule has 3 N–H and O–H groups in total. The number of allylic oxidation sites excluding steroid dienone is 4. The van der Waals surface area contributed by atoms with E-state index >= 15 is 0 Å². The van der Waals surface area contributed by atoms with Crippen LogP contribution in [0.4, 0.5) is 11.6 Å². The van der Waals surface area contributed by atoms with Crippen LogP contribution in [0.2, 0.25) is 0 Å². The van der Waals surface area contributed by atoms with E-state index in [-0.39, 0.29) is 35.7 Å². The molecule has 9 heteroatoms. The van der Waals surface area contributed by atoms with Gasteiger partial charge in [0.1, 0.15) is 18.0 Å². The first-order valence-electron chi connectivity index (χ1n) is 13.4. The summed E-state index contributed by atoms with van der Waals surface area (Å²) in [5.74, 6) is 1.21. The number of hydrogen-bond donors (Lipinski definition) is 3. The van der Waals surface area contributed by atoms with Crippen molar-refractivity contribution >= 4 is 35.1 Å². The third kappa shape index (κ3) is 6.60. The molecule has 1 aromatic heterocycles. The second-order valence-electron chi connectivity index (χ2n) is 10.5. The number of nitrogens with one attached hydrogen (secondary N) is 3. The van der Waals surface area contributed by atoms with E-state index in [1.54, 1.807) is 12.2 Å². The van der Waals surface area contributed by atoms with Crippen molar-refractivity contribution in [2.45, 2.75) is 83.3 Å². The van der Waals surface area contributed by atoms with Gasteiger partial charge in [-0.05, 0) is 51.0 Å². The number of carbonyl (C=O) groups is 2. The Morgan fingerprint density at radius 2 is 2.03 bits per heavy atom. The molecule has 3 heterocycles. The number of halogens is 1. The van der Waals surface area contributed by atoms with Gasteiger partial charge in [-0.1, -0.05) is 49.8 Å². The molecule has 1 aromatic rings. The van der Waals surface area contributed by atoms with Crippen LogP contribution in [-0.2, 0) is 9.59 Å². The van der Waals surface area contributed by atoms with Crippen molar-refractivity contribution in [3.05, 3.63) is 47.3 Å². The number of amides is 2. The first-order chi connectivity index (χ1) is 17.8. The zero-order valence-electron chi connectivity index (χ0n) is 22.1. The second kappa shape index (κ2) is 12.2. The predicted molar refractivity (Wildman–Crippen MR) is 149 cm³/mol. The molecule has 1 saturated carbocycles. The molecular formula is C28H39ClN6O2. The number of fused-ring (bicyclic) bond motifs is 1. The van der Waals surface area contributed by atoms with Crippen molar-refractivity contribution in [3.63, 3.8) is 0 Å². The normalized spacial score (nSPS) is 24.9. The van der Waals surface area contributed by atoms with Gasteiger partial charge in [0.25, 0.3) is 0 Å². The summed E-state index contributed by atoms with van der Waals surface area (Å²) < 4.78 is 0. The third-order valence-corrected chi connectivity index (χ3v) is 7.99. The quantitative estimate of drug-likeness (QED) is 0.361. The zero-order chi connectivity index (χ0) is 26.5. The highest BCUT2D eigenvalue weighted by Gasteiger charge is 2.39. The lowest BCUT2D eigenvalue weighted by Gasteiger charge is -2.34. The van der Waals surface area contributed by atoms with Crippen LogP contribution in [0.25, 0.3) is 0 Å². The van der Waals surface area contributed by atoms with Gasteiger partial charge < -0.3 is 20.9 Å². The molecule has 0 radical (unpaired) electrons. The van der Waals surface area contributed by atoms with Crippen molar-refractivity contribution in [2.24, 2.45) is 5.92 Å². The minimum Gasteiger partial charge on any atom is -0.368 e. The van der Waals surface area contributed by atoms with Crippen molar-refractivity contribution < 1.29 is 9.59 Å². The lowest BCUT2D eigenvalue weighted by molar-refractivity contribution is -0.137. The van der Waals surface area contributed by atoms with Gasteiger partial charge in [-0.2, -0.15) is 0 Å². The maximum absolute atomic E-state index is 14.1. The van der Waals surface area contributed by atoms with Crippen LogP contribution in [-0.4, -0.2) is 57.9 Å². The molecule has 0 bridgehead atoms. The number of rotatable bonds is 11.